The lowest BCUT2D eigenvalue weighted by Crippen LogP contribution is -2.22. The zero-order valence-electron chi connectivity index (χ0n) is 11.8. The van der Waals surface area contributed by atoms with Crippen LogP contribution in [0.4, 0.5) is 11.4 Å². The quantitative estimate of drug-likeness (QED) is 0.567. The molecule has 0 fully saturated rings. The van der Waals surface area contributed by atoms with Gasteiger partial charge in [0.15, 0.2) is 0 Å². The Kier molecular flexibility index (Phi) is 5.65. The maximum atomic E-state index is 11.6. The summed E-state index contributed by atoms with van der Waals surface area (Å²) in [5.41, 5.74) is 0.0844. The number of rotatable bonds is 7. The van der Waals surface area contributed by atoms with Gasteiger partial charge in [0.1, 0.15) is 15.5 Å². The Morgan fingerprint density at radius 2 is 2.05 bits per heavy atom. The molecular weight excluding hydrogens is 298 g/mol. The maximum absolute atomic E-state index is 11.6. The first-order chi connectivity index (χ1) is 9.74. The first-order valence-electron chi connectivity index (χ1n) is 6.23. The van der Waals surface area contributed by atoms with Crippen molar-refractivity contribution in [2.45, 2.75) is 6.92 Å². The maximum Gasteiger partial charge on any atom is 0.293 e. The van der Waals surface area contributed by atoms with Crippen molar-refractivity contribution >= 4 is 27.1 Å². The molecule has 9 heteroatoms. The van der Waals surface area contributed by atoms with E-state index in [4.69, 9.17) is 0 Å². The van der Waals surface area contributed by atoms with E-state index in [1.807, 2.05) is 0 Å². The molecule has 0 aliphatic carbocycles. The largest absolute Gasteiger partial charge is 0.378 e. The van der Waals surface area contributed by atoms with Crippen LogP contribution < -0.4 is 10.6 Å². The number of carbonyl (C=O) groups excluding carboxylic acids is 1. The molecule has 116 valence electrons. The molecule has 0 aromatic heterocycles. The smallest absolute Gasteiger partial charge is 0.293 e. The minimum Gasteiger partial charge on any atom is -0.378 e. The fourth-order valence-electron chi connectivity index (χ4n) is 1.61. The number of nitrogens with zero attached hydrogens (tertiary/aromatic N) is 1. The lowest BCUT2D eigenvalue weighted by molar-refractivity contribution is -0.384. The zero-order chi connectivity index (χ0) is 16.0. The van der Waals surface area contributed by atoms with Crippen LogP contribution >= 0.6 is 0 Å². The third-order valence-electron chi connectivity index (χ3n) is 2.58. The number of sulfone groups is 1. The van der Waals surface area contributed by atoms with Crippen molar-refractivity contribution in [1.29, 1.82) is 0 Å². The van der Waals surface area contributed by atoms with Crippen molar-refractivity contribution in [2.75, 3.05) is 30.4 Å². The summed E-state index contributed by atoms with van der Waals surface area (Å²) in [4.78, 5) is 22.1. The van der Waals surface area contributed by atoms with Crippen LogP contribution in [0.3, 0.4) is 0 Å². The standard InChI is InChI=1S/C12H17N3O5S/c1-3-13-12(16)9-4-5-10(11(8-9)15(17)18)14-6-7-21(2,19)20/h4-5,8,14H,3,6-7H2,1-2H3,(H,13,16). The number of anilines is 1. The number of hydrogen-bond donors (Lipinski definition) is 2. The summed E-state index contributed by atoms with van der Waals surface area (Å²) in [6, 6.07) is 4.00. The lowest BCUT2D eigenvalue weighted by atomic mass is 10.1. The molecule has 2 N–H and O–H groups in total. The van der Waals surface area contributed by atoms with Crippen LogP contribution in [0.5, 0.6) is 0 Å². The van der Waals surface area contributed by atoms with Crippen molar-refractivity contribution in [3.05, 3.63) is 33.9 Å². The van der Waals surface area contributed by atoms with Crippen LogP contribution in [0.15, 0.2) is 18.2 Å². The molecule has 0 aliphatic heterocycles. The van der Waals surface area contributed by atoms with Gasteiger partial charge in [-0.2, -0.15) is 0 Å². The van der Waals surface area contributed by atoms with E-state index >= 15 is 0 Å². The van der Waals surface area contributed by atoms with Gasteiger partial charge < -0.3 is 10.6 Å². The number of nitro benzene ring substituents is 1. The molecule has 0 unspecified atom stereocenters. The van der Waals surface area contributed by atoms with Gasteiger partial charge in [0.2, 0.25) is 0 Å². The Balaban J connectivity index is 2.94. The molecule has 0 atom stereocenters. The van der Waals surface area contributed by atoms with Crippen LogP contribution in [-0.2, 0) is 9.84 Å². The molecule has 21 heavy (non-hydrogen) atoms. The van der Waals surface area contributed by atoms with E-state index in [2.05, 4.69) is 10.6 Å². The number of carbonyl (C=O) groups is 1. The fourth-order valence-corrected chi connectivity index (χ4v) is 2.08. The van der Waals surface area contributed by atoms with E-state index in [9.17, 15) is 23.3 Å². The predicted octanol–water partition coefficient (Wildman–Crippen LogP) is 0.801. The summed E-state index contributed by atoms with van der Waals surface area (Å²) in [5, 5.41) is 16.3. The van der Waals surface area contributed by atoms with Gasteiger partial charge in [-0.3, -0.25) is 14.9 Å². The van der Waals surface area contributed by atoms with Crippen molar-refractivity contribution in [2.24, 2.45) is 0 Å². The second kappa shape index (κ2) is 7.02. The highest BCUT2D eigenvalue weighted by atomic mass is 32.2. The average molecular weight is 315 g/mol. The summed E-state index contributed by atoms with van der Waals surface area (Å²) in [6.07, 6.45) is 1.08. The summed E-state index contributed by atoms with van der Waals surface area (Å²) in [7, 11) is -3.15. The highest BCUT2D eigenvalue weighted by Gasteiger charge is 2.17. The number of benzene rings is 1. The predicted molar refractivity (Wildman–Crippen MR) is 79.3 cm³/mol. The lowest BCUT2D eigenvalue weighted by Gasteiger charge is -2.08. The van der Waals surface area contributed by atoms with Gasteiger partial charge in [-0.1, -0.05) is 0 Å². The van der Waals surface area contributed by atoms with E-state index in [0.29, 0.717) is 6.54 Å². The summed E-state index contributed by atoms with van der Waals surface area (Å²) >= 11 is 0. The van der Waals surface area contributed by atoms with Crippen LogP contribution in [0.1, 0.15) is 17.3 Å². The van der Waals surface area contributed by atoms with Crippen LogP contribution in [0.25, 0.3) is 0 Å². The van der Waals surface area contributed by atoms with Crippen molar-refractivity contribution < 1.29 is 18.1 Å². The second-order valence-corrected chi connectivity index (χ2v) is 6.66. The normalized spacial score (nSPS) is 11.0. The third-order valence-corrected chi connectivity index (χ3v) is 3.53. The Hall–Kier alpha value is -2.16. The molecule has 0 saturated carbocycles. The zero-order valence-corrected chi connectivity index (χ0v) is 12.6. The molecule has 1 rings (SSSR count). The number of nitrogens with one attached hydrogen (secondary N) is 2. The topological polar surface area (TPSA) is 118 Å². The highest BCUT2D eigenvalue weighted by molar-refractivity contribution is 7.90. The minimum atomic E-state index is -3.15. The monoisotopic (exact) mass is 315 g/mol. The molecule has 0 spiro atoms. The van der Waals surface area contributed by atoms with Crippen LogP contribution in [0, 0.1) is 10.1 Å². The van der Waals surface area contributed by atoms with Gasteiger partial charge in [-0.25, -0.2) is 8.42 Å². The minimum absolute atomic E-state index is 0.0557. The van der Waals surface area contributed by atoms with Gasteiger partial charge in [0.05, 0.1) is 10.7 Å². The second-order valence-electron chi connectivity index (χ2n) is 4.41. The number of amides is 1. The fraction of sp³-hybridized carbons (Fsp3) is 0.417. The van der Waals surface area contributed by atoms with Gasteiger partial charge in [-0.15, -0.1) is 0 Å². The molecule has 0 heterocycles. The first kappa shape index (κ1) is 16.9. The molecule has 8 nitrogen and oxygen atoms in total. The molecule has 0 aliphatic rings. The summed E-state index contributed by atoms with van der Waals surface area (Å²) in [6.45, 7) is 2.22. The van der Waals surface area contributed by atoms with Gasteiger partial charge in [0, 0.05) is 31.0 Å². The highest BCUT2D eigenvalue weighted by Crippen LogP contribution is 2.25. The third kappa shape index (κ3) is 5.38. The van der Waals surface area contributed by atoms with Crippen molar-refractivity contribution in [3.63, 3.8) is 0 Å². The molecular formula is C12H17N3O5S. The Morgan fingerprint density at radius 1 is 1.38 bits per heavy atom. The van der Waals surface area contributed by atoms with E-state index in [0.717, 1.165) is 12.3 Å². The number of nitro groups is 1. The van der Waals surface area contributed by atoms with Gasteiger partial charge in [0.25, 0.3) is 11.6 Å². The molecule has 1 aromatic carbocycles. The van der Waals surface area contributed by atoms with E-state index in [1.54, 1.807) is 6.92 Å². The van der Waals surface area contributed by atoms with Crippen molar-refractivity contribution in [3.8, 4) is 0 Å². The van der Waals surface area contributed by atoms with Crippen LogP contribution in [-0.4, -0.2) is 44.3 Å². The van der Waals surface area contributed by atoms with E-state index in [-0.39, 0.29) is 29.2 Å². The summed E-state index contributed by atoms with van der Waals surface area (Å²) in [5.74, 6) is -0.536. The van der Waals surface area contributed by atoms with Crippen LogP contribution in [0.2, 0.25) is 0 Å². The average Bonchev–Trinajstić information content (AvgIpc) is 2.37. The van der Waals surface area contributed by atoms with E-state index < -0.39 is 20.7 Å². The Morgan fingerprint density at radius 3 is 2.57 bits per heavy atom. The Labute approximate surface area is 122 Å². The van der Waals surface area contributed by atoms with Gasteiger partial charge in [-0.05, 0) is 19.1 Å². The SMILES string of the molecule is CCNC(=O)c1ccc(NCCS(C)(=O)=O)c([N+](=O)[O-])c1. The first-order valence-corrected chi connectivity index (χ1v) is 8.29. The Bertz CT molecular complexity index is 642. The van der Waals surface area contributed by atoms with E-state index in [1.165, 1.54) is 12.1 Å². The number of hydrogen-bond acceptors (Lipinski definition) is 6. The molecule has 0 bridgehead atoms. The molecule has 0 saturated heterocycles. The molecule has 1 amide bonds. The van der Waals surface area contributed by atoms with Crippen molar-refractivity contribution in [1.82, 2.24) is 5.32 Å². The summed E-state index contributed by atoms with van der Waals surface area (Å²) < 4.78 is 22.1. The molecule has 0 radical (unpaired) electrons. The molecule has 1 aromatic rings. The van der Waals surface area contributed by atoms with Gasteiger partial charge >= 0.3 is 0 Å².